The molecule has 0 aliphatic carbocycles. The van der Waals surface area contributed by atoms with Gasteiger partial charge in [0, 0.05) is 31.3 Å². The van der Waals surface area contributed by atoms with E-state index >= 15 is 0 Å². The van der Waals surface area contributed by atoms with Gasteiger partial charge in [-0.05, 0) is 36.4 Å². The van der Waals surface area contributed by atoms with E-state index in [-0.39, 0.29) is 18.4 Å². The molecule has 33 heavy (non-hydrogen) atoms. The Kier molecular flexibility index (Phi) is 4.66. The van der Waals surface area contributed by atoms with Crippen molar-refractivity contribution in [3.63, 3.8) is 0 Å². The molecule has 4 aromatic rings. The zero-order valence-corrected chi connectivity index (χ0v) is 17.7. The summed E-state index contributed by atoms with van der Waals surface area (Å²) in [5.41, 5.74) is 3.02. The number of carbonyl (C=O) groups excluding carboxylic acids is 2. The molecule has 2 aliphatic rings. The van der Waals surface area contributed by atoms with Gasteiger partial charge in [0.15, 0.2) is 11.6 Å². The number of rotatable bonds is 5. The Morgan fingerprint density at radius 1 is 0.909 bits per heavy atom. The van der Waals surface area contributed by atoms with E-state index in [1.807, 2.05) is 30.5 Å². The van der Waals surface area contributed by atoms with Crippen molar-refractivity contribution in [2.24, 2.45) is 0 Å². The molecule has 0 saturated carbocycles. The fourth-order valence-electron chi connectivity index (χ4n) is 4.39. The molecule has 6 rings (SSSR count). The molecule has 1 aromatic carbocycles. The van der Waals surface area contributed by atoms with Crippen molar-refractivity contribution in [2.75, 3.05) is 6.54 Å². The average Bonchev–Trinajstić information content (AvgIpc) is 3.58. The Bertz CT molecular complexity index is 1320. The molecule has 8 nitrogen and oxygen atoms in total. The second kappa shape index (κ2) is 7.83. The molecule has 0 radical (unpaired) electrons. The van der Waals surface area contributed by atoms with Crippen LogP contribution in [0.1, 0.15) is 43.5 Å². The largest absolute Gasteiger partial charge is 0.463 e. The molecule has 3 aromatic heterocycles. The molecule has 2 amide bonds. The van der Waals surface area contributed by atoms with E-state index in [4.69, 9.17) is 8.83 Å². The van der Waals surface area contributed by atoms with Crippen LogP contribution in [-0.2, 0) is 26.1 Å². The van der Waals surface area contributed by atoms with Gasteiger partial charge in [-0.1, -0.05) is 12.1 Å². The Balaban J connectivity index is 1.12. The van der Waals surface area contributed by atoms with Crippen molar-refractivity contribution >= 4 is 11.8 Å². The van der Waals surface area contributed by atoms with Crippen molar-refractivity contribution in [1.82, 2.24) is 19.8 Å². The van der Waals surface area contributed by atoms with Crippen LogP contribution in [0, 0.1) is 0 Å². The third-order valence-electron chi connectivity index (χ3n) is 6.04. The number of furan rings is 2. The molecular formula is C25H20N4O4. The number of carbonyl (C=O) groups is 2. The standard InChI is InChI=1S/C25H20N4O4/c30-24-19-4-1-2-5-20(19)25(31)29(24)15-18-8-7-17(33-18)14-28-10-9-21-16(13-28)12-26-23(27-21)22-6-3-11-32-22/h1-8,11-12H,9-10,13-15H2. The monoisotopic (exact) mass is 440 g/mol. The number of aromatic nitrogens is 2. The number of amides is 2. The van der Waals surface area contributed by atoms with E-state index < -0.39 is 0 Å². The van der Waals surface area contributed by atoms with Gasteiger partial charge in [-0.3, -0.25) is 19.4 Å². The zero-order valence-electron chi connectivity index (χ0n) is 17.7. The first-order valence-corrected chi connectivity index (χ1v) is 10.8. The number of fused-ring (bicyclic) bond motifs is 2. The van der Waals surface area contributed by atoms with Crippen LogP contribution in [0.3, 0.4) is 0 Å². The van der Waals surface area contributed by atoms with Crippen molar-refractivity contribution in [3.8, 4) is 11.6 Å². The van der Waals surface area contributed by atoms with Crippen LogP contribution in [0.15, 0.2) is 69.8 Å². The summed E-state index contributed by atoms with van der Waals surface area (Å²) in [6.45, 7) is 2.32. The molecule has 0 fully saturated rings. The van der Waals surface area contributed by atoms with Crippen molar-refractivity contribution in [1.29, 1.82) is 0 Å². The Morgan fingerprint density at radius 2 is 1.67 bits per heavy atom. The summed E-state index contributed by atoms with van der Waals surface area (Å²) in [5.74, 6) is 2.09. The van der Waals surface area contributed by atoms with Crippen LogP contribution in [0.25, 0.3) is 11.6 Å². The van der Waals surface area contributed by atoms with Gasteiger partial charge < -0.3 is 8.83 Å². The maximum absolute atomic E-state index is 12.6. The number of hydrogen-bond acceptors (Lipinski definition) is 7. The summed E-state index contributed by atoms with van der Waals surface area (Å²) in [6, 6.07) is 14.3. The SMILES string of the molecule is O=C1c2ccccc2C(=O)N1Cc1ccc(CN2CCc3nc(-c4ccco4)ncc3C2)o1. The molecule has 0 saturated heterocycles. The van der Waals surface area contributed by atoms with Crippen LogP contribution < -0.4 is 0 Å². The molecule has 0 unspecified atom stereocenters. The molecular weight excluding hydrogens is 420 g/mol. The first-order valence-electron chi connectivity index (χ1n) is 10.8. The van der Waals surface area contributed by atoms with Gasteiger partial charge in [0.2, 0.25) is 0 Å². The van der Waals surface area contributed by atoms with E-state index in [0.717, 1.165) is 36.5 Å². The second-order valence-electron chi connectivity index (χ2n) is 8.21. The number of benzene rings is 1. The summed E-state index contributed by atoms with van der Waals surface area (Å²) >= 11 is 0. The van der Waals surface area contributed by atoms with Crippen LogP contribution in [0.2, 0.25) is 0 Å². The average molecular weight is 440 g/mol. The predicted octanol–water partition coefficient (Wildman–Crippen LogP) is 3.68. The first-order chi connectivity index (χ1) is 16.2. The van der Waals surface area contributed by atoms with Gasteiger partial charge in [-0.15, -0.1) is 0 Å². The lowest BCUT2D eigenvalue weighted by Gasteiger charge is -2.27. The molecule has 2 aliphatic heterocycles. The van der Waals surface area contributed by atoms with Crippen LogP contribution in [-0.4, -0.2) is 38.1 Å². The van der Waals surface area contributed by atoms with Crippen LogP contribution >= 0.6 is 0 Å². The highest BCUT2D eigenvalue weighted by molar-refractivity contribution is 6.21. The summed E-state index contributed by atoms with van der Waals surface area (Å²) in [4.78, 5) is 37.8. The highest BCUT2D eigenvalue weighted by Gasteiger charge is 2.35. The lowest BCUT2D eigenvalue weighted by atomic mass is 10.1. The minimum Gasteiger partial charge on any atom is -0.463 e. The van der Waals surface area contributed by atoms with Gasteiger partial charge in [0.1, 0.15) is 11.5 Å². The molecule has 0 spiro atoms. The lowest BCUT2D eigenvalue weighted by Crippen LogP contribution is -2.31. The number of imide groups is 1. The molecule has 5 heterocycles. The van der Waals surface area contributed by atoms with Gasteiger partial charge in [0.25, 0.3) is 11.8 Å². The second-order valence-corrected chi connectivity index (χ2v) is 8.21. The van der Waals surface area contributed by atoms with E-state index in [1.165, 1.54) is 4.90 Å². The van der Waals surface area contributed by atoms with Crippen molar-refractivity contribution < 1.29 is 18.4 Å². The fraction of sp³-hybridized carbons (Fsp3) is 0.200. The van der Waals surface area contributed by atoms with E-state index in [9.17, 15) is 9.59 Å². The maximum Gasteiger partial charge on any atom is 0.261 e. The third-order valence-corrected chi connectivity index (χ3v) is 6.04. The lowest BCUT2D eigenvalue weighted by molar-refractivity contribution is 0.0630. The first kappa shape index (κ1) is 19.6. The van der Waals surface area contributed by atoms with E-state index in [1.54, 1.807) is 30.5 Å². The molecule has 0 bridgehead atoms. The summed E-state index contributed by atoms with van der Waals surface area (Å²) < 4.78 is 11.4. The minimum atomic E-state index is -0.282. The summed E-state index contributed by atoms with van der Waals surface area (Å²) in [6.07, 6.45) is 4.29. The predicted molar refractivity (Wildman–Crippen MR) is 117 cm³/mol. The topological polar surface area (TPSA) is 92.7 Å². The van der Waals surface area contributed by atoms with Gasteiger partial charge in [-0.25, -0.2) is 9.97 Å². The highest BCUT2D eigenvalue weighted by Crippen LogP contribution is 2.26. The smallest absolute Gasteiger partial charge is 0.261 e. The quantitative estimate of drug-likeness (QED) is 0.437. The van der Waals surface area contributed by atoms with Gasteiger partial charge in [0.05, 0.1) is 36.2 Å². The van der Waals surface area contributed by atoms with E-state index in [0.29, 0.717) is 35.0 Å². The third kappa shape index (κ3) is 3.54. The van der Waals surface area contributed by atoms with Crippen LogP contribution in [0.5, 0.6) is 0 Å². The minimum absolute atomic E-state index is 0.124. The number of hydrogen-bond donors (Lipinski definition) is 0. The zero-order chi connectivity index (χ0) is 22.4. The maximum atomic E-state index is 12.6. The number of nitrogens with zero attached hydrogens (tertiary/aromatic N) is 4. The highest BCUT2D eigenvalue weighted by atomic mass is 16.3. The van der Waals surface area contributed by atoms with Gasteiger partial charge >= 0.3 is 0 Å². The fourth-order valence-corrected chi connectivity index (χ4v) is 4.39. The summed E-state index contributed by atoms with van der Waals surface area (Å²) in [7, 11) is 0. The Hall–Kier alpha value is -4.04. The van der Waals surface area contributed by atoms with Gasteiger partial charge in [-0.2, -0.15) is 0 Å². The molecule has 8 heteroatoms. The molecule has 164 valence electrons. The summed E-state index contributed by atoms with van der Waals surface area (Å²) in [5, 5.41) is 0. The van der Waals surface area contributed by atoms with Crippen molar-refractivity contribution in [2.45, 2.75) is 26.1 Å². The molecule has 0 N–H and O–H groups in total. The van der Waals surface area contributed by atoms with Crippen molar-refractivity contribution in [3.05, 3.63) is 94.9 Å². The Morgan fingerprint density at radius 3 is 2.39 bits per heavy atom. The Labute approximate surface area is 189 Å². The normalized spacial score (nSPS) is 15.7. The van der Waals surface area contributed by atoms with E-state index in [2.05, 4.69) is 14.9 Å². The van der Waals surface area contributed by atoms with Crippen LogP contribution in [0.4, 0.5) is 0 Å². The molecule has 0 atom stereocenters.